The molecular formula is C11H15BN2O5S. The summed E-state index contributed by atoms with van der Waals surface area (Å²) < 4.78 is 9.69. The minimum absolute atomic E-state index is 0.0420. The van der Waals surface area contributed by atoms with Crippen LogP contribution in [-0.2, 0) is 23.8 Å². The Balaban J connectivity index is 2.38. The van der Waals surface area contributed by atoms with Gasteiger partial charge in [0.1, 0.15) is 23.7 Å². The van der Waals surface area contributed by atoms with Crippen LogP contribution in [0, 0.1) is 0 Å². The van der Waals surface area contributed by atoms with E-state index in [1.165, 1.54) is 31.6 Å². The van der Waals surface area contributed by atoms with E-state index >= 15 is 0 Å². The van der Waals surface area contributed by atoms with Crippen LogP contribution in [0.1, 0.15) is 13.8 Å². The topological polar surface area (TPSA) is 98.9 Å². The molecule has 3 atom stereocenters. The van der Waals surface area contributed by atoms with E-state index in [0.29, 0.717) is 5.57 Å². The number of rotatable bonds is 3. The van der Waals surface area contributed by atoms with E-state index in [2.05, 4.69) is 0 Å². The molecule has 0 saturated carbocycles. The second kappa shape index (κ2) is 5.49. The van der Waals surface area contributed by atoms with Crippen molar-refractivity contribution in [3.63, 3.8) is 0 Å². The number of β-lactam (4-membered cyclic amide) rings is 1. The highest BCUT2D eigenvalue weighted by molar-refractivity contribution is 8.00. The van der Waals surface area contributed by atoms with Crippen molar-refractivity contribution in [2.45, 2.75) is 30.5 Å². The summed E-state index contributed by atoms with van der Waals surface area (Å²) in [6, 6.07) is -0.614. The van der Waals surface area contributed by atoms with Crippen molar-refractivity contribution in [3.05, 3.63) is 11.3 Å². The predicted molar refractivity (Wildman–Crippen MR) is 74.0 cm³/mol. The first-order valence-electron chi connectivity index (χ1n) is 6.07. The third-order valence-corrected chi connectivity index (χ3v) is 4.75. The maximum atomic E-state index is 11.9. The molecule has 9 heteroatoms. The molecule has 0 spiro atoms. The van der Waals surface area contributed by atoms with Crippen LogP contribution in [0.2, 0.25) is 0 Å². The Kier molecular flexibility index (Phi) is 4.10. The van der Waals surface area contributed by atoms with E-state index in [0.717, 1.165) is 0 Å². The zero-order valence-corrected chi connectivity index (χ0v) is 12.2. The van der Waals surface area contributed by atoms with Crippen LogP contribution in [0.25, 0.3) is 0 Å². The van der Waals surface area contributed by atoms with Crippen LogP contribution in [-0.4, -0.2) is 54.1 Å². The van der Waals surface area contributed by atoms with Gasteiger partial charge < -0.3 is 15.1 Å². The largest absolute Gasteiger partial charge is 0.539 e. The summed E-state index contributed by atoms with van der Waals surface area (Å²) in [6.07, 6.45) is 0. The quantitative estimate of drug-likeness (QED) is 0.385. The Labute approximate surface area is 121 Å². The molecule has 1 saturated heterocycles. The number of thioether (sulfide) groups is 1. The van der Waals surface area contributed by atoms with E-state index in [4.69, 9.17) is 15.1 Å². The van der Waals surface area contributed by atoms with Crippen LogP contribution >= 0.6 is 11.8 Å². The average molecular weight is 298 g/mol. The molecule has 0 unspecified atom stereocenters. The van der Waals surface area contributed by atoms with Gasteiger partial charge in [-0.1, -0.05) is 0 Å². The fourth-order valence-corrected chi connectivity index (χ4v) is 3.58. The average Bonchev–Trinajstić information content (AvgIpc) is 2.43. The highest BCUT2D eigenvalue weighted by Gasteiger charge is 2.53. The van der Waals surface area contributed by atoms with Crippen LogP contribution in [0.5, 0.6) is 0 Å². The summed E-state index contributed by atoms with van der Waals surface area (Å²) in [6.45, 7) is 3.12. The third-order valence-electron chi connectivity index (χ3n) is 3.27. The maximum absolute atomic E-state index is 11.9. The van der Waals surface area contributed by atoms with Gasteiger partial charge in [0.2, 0.25) is 5.91 Å². The molecule has 1 amide bonds. The van der Waals surface area contributed by atoms with Crippen molar-refractivity contribution in [2.75, 3.05) is 6.61 Å². The molecule has 2 aliphatic heterocycles. The van der Waals surface area contributed by atoms with Gasteiger partial charge in [-0.3, -0.25) is 14.5 Å². The lowest BCUT2D eigenvalue weighted by molar-refractivity contribution is -0.147. The molecule has 1 fully saturated rings. The van der Waals surface area contributed by atoms with Gasteiger partial charge in [0.05, 0.1) is 0 Å². The summed E-state index contributed by atoms with van der Waals surface area (Å²) in [5.41, 5.74) is 6.45. The van der Waals surface area contributed by atoms with Crippen molar-refractivity contribution in [1.29, 1.82) is 0 Å². The van der Waals surface area contributed by atoms with Crippen LogP contribution < -0.4 is 5.73 Å². The first kappa shape index (κ1) is 14.9. The van der Waals surface area contributed by atoms with E-state index < -0.39 is 18.0 Å². The normalized spacial score (nSPS) is 28.6. The Morgan fingerprint density at radius 1 is 1.50 bits per heavy atom. The van der Waals surface area contributed by atoms with E-state index in [1.54, 1.807) is 0 Å². The van der Waals surface area contributed by atoms with Crippen molar-refractivity contribution < 1.29 is 23.8 Å². The third kappa shape index (κ3) is 2.31. The monoisotopic (exact) mass is 298 g/mol. The summed E-state index contributed by atoms with van der Waals surface area (Å²) in [4.78, 5) is 36.1. The zero-order chi connectivity index (χ0) is 15.0. The van der Waals surface area contributed by atoms with Crippen molar-refractivity contribution in [3.8, 4) is 0 Å². The molecule has 0 aromatic carbocycles. The Morgan fingerprint density at radius 2 is 2.15 bits per heavy atom. The molecule has 7 nitrogen and oxygen atoms in total. The molecular weight excluding hydrogens is 283 g/mol. The van der Waals surface area contributed by atoms with E-state index in [1.807, 2.05) is 6.92 Å². The lowest BCUT2D eigenvalue weighted by atomic mass is 10.0. The highest BCUT2D eigenvalue weighted by Crippen LogP contribution is 2.43. The number of ether oxygens (including phenoxy) is 1. The first-order chi connectivity index (χ1) is 9.38. The zero-order valence-electron chi connectivity index (χ0n) is 11.4. The molecule has 2 rings (SSSR count). The molecule has 0 radical (unpaired) electrons. The van der Waals surface area contributed by atoms with Gasteiger partial charge in [-0.2, -0.15) is 0 Å². The maximum Gasteiger partial charge on any atom is 0.337 e. The van der Waals surface area contributed by atoms with E-state index in [-0.39, 0.29) is 28.8 Å². The molecule has 0 aromatic rings. The molecule has 2 N–H and O–H groups in total. The fraction of sp³-hybridized carbons (Fsp3) is 0.545. The Morgan fingerprint density at radius 3 is 2.70 bits per heavy atom. The van der Waals surface area contributed by atoms with E-state index in [9.17, 15) is 14.4 Å². The van der Waals surface area contributed by atoms with Crippen LogP contribution in [0.4, 0.5) is 0 Å². The number of hydrogen-bond acceptors (Lipinski definition) is 7. The van der Waals surface area contributed by atoms with Crippen LogP contribution in [0.15, 0.2) is 11.3 Å². The number of carbonyl (C=O) groups excluding carboxylic acids is 3. The van der Waals surface area contributed by atoms with Crippen molar-refractivity contribution >= 4 is 37.7 Å². The van der Waals surface area contributed by atoms with Gasteiger partial charge in [-0.15, -0.1) is 11.8 Å². The lowest BCUT2D eigenvalue weighted by Crippen LogP contribution is -2.69. The summed E-state index contributed by atoms with van der Waals surface area (Å²) in [5.74, 6) is -1.40. The second-order valence-electron chi connectivity index (χ2n) is 4.55. The predicted octanol–water partition coefficient (Wildman–Crippen LogP) is -1.47. The number of amides is 1. The lowest BCUT2D eigenvalue weighted by Gasteiger charge is -2.49. The van der Waals surface area contributed by atoms with Gasteiger partial charge in [0.25, 0.3) is 0 Å². The molecule has 108 valence electrons. The summed E-state index contributed by atoms with van der Waals surface area (Å²) in [5, 5.41) is -0.364. The van der Waals surface area contributed by atoms with Gasteiger partial charge in [-0.25, -0.2) is 4.79 Å². The van der Waals surface area contributed by atoms with Crippen LogP contribution in [0.3, 0.4) is 0 Å². The molecule has 0 aromatic heterocycles. The summed E-state index contributed by atoms with van der Waals surface area (Å²) >= 11 is 1.46. The molecule has 20 heavy (non-hydrogen) atoms. The highest BCUT2D eigenvalue weighted by atomic mass is 32.2. The smallest absolute Gasteiger partial charge is 0.337 e. The standard InChI is InChI=1S/C11H15BN2O5S/c1-4-6(3-18-5(2)15)8(11(17)19-12)14-9(16)7(13)10(14)20-4/h4,7,10H,3,12-13H2,1-2H3/t4-,7+,10+/m0/s1. The van der Waals surface area contributed by atoms with Crippen molar-refractivity contribution in [2.24, 2.45) is 5.73 Å². The fourth-order valence-electron chi connectivity index (χ4n) is 2.20. The molecule has 2 aliphatic rings. The number of fused-ring (bicyclic) bond motifs is 1. The number of nitrogens with zero attached hydrogens (tertiary/aromatic N) is 1. The SMILES string of the molecule is BOC(=O)C1=C(COC(C)=O)[C@H](C)S[C@@H]2[C@H](N)C(=O)N12. The Bertz CT molecular complexity index is 509. The first-order valence-corrected chi connectivity index (χ1v) is 7.01. The van der Waals surface area contributed by atoms with Gasteiger partial charge >= 0.3 is 20.0 Å². The molecule has 2 heterocycles. The van der Waals surface area contributed by atoms with Crippen molar-refractivity contribution in [1.82, 2.24) is 4.90 Å². The molecule has 0 bridgehead atoms. The minimum Gasteiger partial charge on any atom is -0.539 e. The Hall–Kier alpha value is -1.48. The van der Waals surface area contributed by atoms with Gasteiger partial charge in [0, 0.05) is 17.7 Å². The summed E-state index contributed by atoms with van der Waals surface area (Å²) in [7, 11) is 1.24. The number of hydrogen-bond donors (Lipinski definition) is 1. The van der Waals surface area contributed by atoms with Gasteiger partial charge in [-0.05, 0) is 6.92 Å². The second-order valence-corrected chi connectivity index (χ2v) is 6.01. The number of nitrogens with two attached hydrogens (primary N) is 1. The number of carbonyl (C=O) groups is 3. The number of esters is 1. The molecule has 0 aliphatic carbocycles. The van der Waals surface area contributed by atoms with Gasteiger partial charge in [0.15, 0.2) is 0 Å². The minimum atomic E-state index is -0.621.